The lowest BCUT2D eigenvalue weighted by Gasteiger charge is -2.40. The number of nitrogens with two attached hydrogens (primary N) is 1. The predicted octanol–water partition coefficient (Wildman–Crippen LogP) is 10.3. The molecule has 2 aliphatic carbocycles. The molecule has 2 fully saturated rings. The van der Waals surface area contributed by atoms with Crippen LogP contribution in [0.15, 0.2) is 61.0 Å². The number of fused-ring (bicyclic) bond motifs is 1. The number of nitrogens with one attached hydrogen (secondary N) is 3. The van der Waals surface area contributed by atoms with Crippen molar-refractivity contribution in [1.82, 2.24) is 20.9 Å². The minimum Gasteiger partial charge on any atom is -0.377 e. The number of hydrogen-bond donors (Lipinski definition) is 4. The number of primary amides is 1. The van der Waals surface area contributed by atoms with E-state index in [0.717, 1.165) is 61.9 Å². The highest BCUT2D eigenvalue weighted by Crippen LogP contribution is 2.53. The van der Waals surface area contributed by atoms with Crippen LogP contribution in [0.25, 0.3) is 0 Å². The summed E-state index contributed by atoms with van der Waals surface area (Å²) in [5.41, 5.74) is 8.92. The maximum Gasteiger partial charge on any atom is 0.315 e. The van der Waals surface area contributed by atoms with E-state index in [1.165, 1.54) is 12.8 Å². The van der Waals surface area contributed by atoms with E-state index < -0.39 is 23.8 Å². The van der Waals surface area contributed by atoms with Crippen LogP contribution in [-0.4, -0.2) is 59.1 Å². The number of amides is 3. The Bertz CT molecular complexity index is 1330. The van der Waals surface area contributed by atoms with Crippen molar-refractivity contribution in [2.24, 2.45) is 34.8 Å². The molecule has 3 aliphatic rings. The average molecular weight is 796 g/mol. The smallest absolute Gasteiger partial charge is 0.315 e. The second-order valence-corrected chi connectivity index (χ2v) is 17.0. The SMILES string of the molecule is C=CC1=C(C=C)CC(C(NC(=O)NC(CCC(=O)CCC)C(C)(C)C)C(=C)N2C[C@@H]3C[C@@H]3C2C(=C)NC(CC(CC)CC)C(=O)C(N)=O)C1.CC.CCC.CCC. The van der Waals surface area contributed by atoms with Crippen LogP contribution >= 0.6 is 0 Å². The molecule has 1 aliphatic heterocycles. The molecule has 1 heterocycles. The van der Waals surface area contributed by atoms with Gasteiger partial charge in [-0.25, -0.2) is 4.79 Å². The number of ketones is 2. The molecule has 1 saturated heterocycles. The van der Waals surface area contributed by atoms with Gasteiger partial charge in [0, 0.05) is 36.8 Å². The molecule has 9 heteroatoms. The maximum atomic E-state index is 13.9. The fourth-order valence-corrected chi connectivity index (χ4v) is 7.86. The Kier molecular flexibility index (Phi) is 25.4. The molecule has 326 valence electrons. The number of urea groups is 1. The lowest BCUT2D eigenvalue weighted by Crippen LogP contribution is -2.55. The van der Waals surface area contributed by atoms with Gasteiger partial charge in [-0.1, -0.05) is 147 Å². The highest BCUT2D eigenvalue weighted by Gasteiger charge is 2.55. The lowest BCUT2D eigenvalue weighted by molar-refractivity contribution is -0.137. The summed E-state index contributed by atoms with van der Waals surface area (Å²) in [5.74, 6) is -0.284. The summed E-state index contributed by atoms with van der Waals surface area (Å²) < 4.78 is 0. The number of allylic oxidation sites excluding steroid dienone is 4. The Morgan fingerprint density at radius 3 is 1.82 bits per heavy atom. The van der Waals surface area contributed by atoms with Crippen molar-refractivity contribution in [3.8, 4) is 0 Å². The fraction of sp³-hybridized carbons (Fsp3) is 0.708. The van der Waals surface area contributed by atoms with Gasteiger partial charge in [0.1, 0.15) is 5.78 Å². The van der Waals surface area contributed by atoms with E-state index in [4.69, 9.17) is 5.73 Å². The second-order valence-electron chi connectivity index (χ2n) is 17.0. The zero-order valence-corrected chi connectivity index (χ0v) is 38.5. The van der Waals surface area contributed by atoms with E-state index in [-0.39, 0.29) is 41.1 Å². The van der Waals surface area contributed by atoms with Crippen LogP contribution < -0.4 is 21.7 Å². The van der Waals surface area contributed by atoms with E-state index in [1.54, 1.807) is 0 Å². The number of piperidine rings is 1. The summed E-state index contributed by atoms with van der Waals surface area (Å²) in [5, 5.41) is 9.86. The predicted molar refractivity (Wildman–Crippen MR) is 241 cm³/mol. The molecular formula is C48H85N5O4. The molecule has 9 nitrogen and oxygen atoms in total. The first-order valence-corrected chi connectivity index (χ1v) is 22.2. The van der Waals surface area contributed by atoms with Gasteiger partial charge in [0.2, 0.25) is 5.78 Å². The summed E-state index contributed by atoms with van der Waals surface area (Å²) >= 11 is 0. The Balaban J connectivity index is 0.00000362. The first-order chi connectivity index (χ1) is 26.9. The van der Waals surface area contributed by atoms with Gasteiger partial charge >= 0.3 is 6.03 Å². The minimum atomic E-state index is -0.948. The molecule has 6 atom stereocenters. The van der Waals surface area contributed by atoms with Crippen molar-refractivity contribution >= 4 is 23.5 Å². The summed E-state index contributed by atoms with van der Waals surface area (Å²) in [6.45, 7) is 42.7. The lowest BCUT2D eigenvalue weighted by atomic mass is 9.83. The third-order valence-electron chi connectivity index (χ3n) is 11.1. The Hall–Kier alpha value is -3.62. The monoisotopic (exact) mass is 796 g/mol. The Morgan fingerprint density at radius 1 is 0.860 bits per heavy atom. The van der Waals surface area contributed by atoms with Crippen LogP contribution in [0.5, 0.6) is 0 Å². The van der Waals surface area contributed by atoms with E-state index >= 15 is 0 Å². The molecule has 5 N–H and O–H groups in total. The molecule has 3 amide bonds. The van der Waals surface area contributed by atoms with Crippen molar-refractivity contribution < 1.29 is 19.2 Å². The van der Waals surface area contributed by atoms with Gasteiger partial charge in [-0.2, -0.15) is 0 Å². The third kappa shape index (κ3) is 17.0. The standard InChI is InChI=1S/C40H63N5O4.2C3H8.C2H6/c1-11-16-31(46)17-18-34(40(8,9)10)43-39(49)44-35(29-20-27(14-4)28(15-5)21-29)25(7)45-23-30-22-32(30)36(45)24(6)42-33(37(47)38(41)48)19-26(12-2)13-3;2*1-3-2;1-2/h14-15,26,29-30,32-36,42H,4-7,11-13,16-23H2,1-3,8-10H3,(H2,41,48)(H2,43,44,49);2*3H2,1-2H3;1-2H3/t30-,32-,33?,34?,35?,36?;;;/m0.../s1. The van der Waals surface area contributed by atoms with E-state index in [9.17, 15) is 19.2 Å². The number of carbonyl (C=O) groups is 4. The van der Waals surface area contributed by atoms with Crippen molar-refractivity contribution in [1.29, 1.82) is 0 Å². The summed E-state index contributed by atoms with van der Waals surface area (Å²) in [6.07, 6.45) is 13.4. The zero-order chi connectivity index (χ0) is 44.0. The normalized spacial score (nSPS) is 19.8. The van der Waals surface area contributed by atoms with Gasteiger partial charge in [0.05, 0.1) is 18.1 Å². The molecule has 4 unspecified atom stereocenters. The molecule has 57 heavy (non-hydrogen) atoms. The van der Waals surface area contributed by atoms with E-state index in [0.29, 0.717) is 43.2 Å². The van der Waals surface area contributed by atoms with Crippen molar-refractivity contribution in [2.75, 3.05) is 6.54 Å². The van der Waals surface area contributed by atoms with Gasteiger partial charge in [0.25, 0.3) is 5.91 Å². The molecule has 3 rings (SSSR count). The van der Waals surface area contributed by atoms with Crippen LogP contribution in [0.3, 0.4) is 0 Å². The molecule has 1 saturated carbocycles. The molecule has 0 bridgehead atoms. The van der Waals surface area contributed by atoms with Crippen molar-refractivity contribution in [3.63, 3.8) is 0 Å². The van der Waals surface area contributed by atoms with Crippen molar-refractivity contribution in [3.05, 3.63) is 61.0 Å². The molecular weight excluding hydrogens is 711 g/mol. The number of Topliss-reactive ketones (excluding diaryl/α,β-unsaturated/α-hetero) is 2. The van der Waals surface area contributed by atoms with Gasteiger partial charge < -0.3 is 26.6 Å². The molecule has 0 aromatic carbocycles. The minimum absolute atomic E-state index is 0.0244. The molecule has 0 aromatic heterocycles. The summed E-state index contributed by atoms with van der Waals surface area (Å²) in [7, 11) is 0. The Labute approximate surface area is 349 Å². The average Bonchev–Trinajstić information content (AvgIpc) is 3.62. The summed E-state index contributed by atoms with van der Waals surface area (Å²) in [6, 6.07) is -1.80. The second kappa shape index (κ2) is 27.1. The van der Waals surface area contributed by atoms with E-state index in [2.05, 4.69) is 109 Å². The summed E-state index contributed by atoms with van der Waals surface area (Å²) in [4.78, 5) is 53.5. The van der Waals surface area contributed by atoms with E-state index in [1.807, 2.05) is 32.9 Å². The molecule has 0 radical (unpaired) electrons. The van der Waals surface area contributed by atoms with Gasteiger partial charge in [-0.05, 0) is 78.8 Å². The molecule has 0 spiro atoms. The van der Waals surface area contributed by atoms with Crippen LogP contribution in [-0.2, 0) is 14.4 Å². The molecule has 0 aromatic rings. The van der Waals surface area contributed by atoms with Crippen LogP contribution in [0.2, 0.25) is 0 Å². The largest absolute Gasteiger partial charge is 0.377 e. The van der Waals surface area contributed by atoms with Gasteiger partial charge in [-0.15, -0.1) is 0 Å². The highest BCUT2D eigenvalue weighted by atomic mass is 16.2. The van der Waals surface area contributed by atoms with Gasteiger partial charge in [-0.3, -0.25) is 14.4 Å². The number of nitrogens with zero attached hydrogens (tertiary/aromatic N) is 1. The quantitative estimate of drug-likeness (QED) is 0.0855. The first-order valence-electron chi connectivity index (χ1n) is 22.2. The number of carbonyl (C=O) groups excluding carboxylic acids is 4. The van der Waals surface area contributed by atoms with Crippen molar-refractivity contribution in [2.45, 2.75) is 184 Å². The number of hydrogen-bond acceptors (Lipinski definition) is 6. The maximum absolute atomic E-state index is 13.9. The van der Waals surface area contributed by atoms with Crippen LogP contribution in [0.4, 0.5) is 4.79 Å². The Morgan fingerprint density at radius 2 is 1.39 bits per heavy atom. The topological polar surface area (TPSA) is 134 Å². The zero-order valence-electron chi connectivity index (χ0n) is 38.5. The van der Waals surface area contributed by atoms with Crippen LogP contribution in [0, 0.1) is 29.1 Å². The van der Waals surface area contributed by atoms with Crippen LogP contribution in [0.1, 0.15) is 160 Å². The third-order valence-corrected chi connectivity index (χ3v) is 11.1. The number of likely N-dealkylation sites (tertiary alicyclic amines) is 1. The first kappa shape index (κ1) is 53.4. The number of rotatable bonds is 21. The highest BCUT2D eigenvalue weighted by molar-refractivity contribution is 6.37. The van der Waals surface area contributed by atoms with Gasteiger partial charge in [0.15, 0.2) is 0 Å². The fourth-order valence-electron chi connectivity index (χ4n) is 7.86.